The molecule has 0 aromatic heterocycles. The van der Waals surface area contributed by atoms with Gasteiger partial charge in [0.15, 0.2) is 0 Å². The predicted octanol–water partition coefficient (Wildman–Crippen LogP) is 4.98. The van der Waals surface area contributed by atoms with Crippen molar-refractivity contribution in [3.63, 3.8) is 0 Å². The van der Waals surface area contributed by atoms with Crippen LogP contribution in [-0.4, -0.2) is 30.1 Å². The van der Waals surface area contributed by atoms with Gasteiger partial charge in [-0.05, 0) is 18.2 Å². The van der Waals surface area contributed by atoms with Crippen molar-refractivity contribution in [3.8, 4) is 5.75 Å². The Labute approximate surface area is 154 Å². The second-order valence-electron chi connectivity index (χ2n) is 6.48. The van der Waals surface area contributed by atoms with Crippen LogP contribution in [0.2, 0.25) is 0 Å². The number of amidine groups is 1. The van der Waals surface area contributed by atoms with E-state index in [4.69, 9.17) is 16.3 Å². The lowest BCUT2D eigenvalue weighted by Crippen LogP contribution is -2.37. The van der Waals surface area contributed by atoms with Crippen LogP contribution in [0.4, 0.5) is 26.3 Å². The highest BCUT2D eigenvalue weighted by atomic mass is 35.5. The molecule has 0 saturated carbocycles. The van der Waals surface area contributed by atoms with Crippen LogP contribution in [0.15, 0.2) is 46.1 Å². The fraction of sp³-hybridized carbons (Fsp3) is 0.353. The summed E-state index contributed by atoms with van der Waals surface area (Å²) in [5, 5.41) is -0.165. The monoisotopic (exact) mass is 408 g/mol. The van der Waals surface area contributed by atoms with Crippen molar-refractivity contribution in [3.05, 3.63) is 52.2 Å². The normalized spacial score (nSPS) is 24.7. The number of rotatable bonds is 0. The molecular formula is C17H11ClF6N2O. The Balaban J connectivity index is 1.76. The lowest BCUT2D eigenvalue weighted by Gasteiger charge is -2.34. The molecule has 1 atom stereocenters. The summed E-state index contributed by atoms with van der Waals surface area (Å²) in [6.07, 6.45) is -7.08. The Bertz CT molecular complexity index is 902. The lowest BCUT2D eigenvalue weighted by molar-refractivity contribution is -0.137. The summed E-state index contributed by atoms with van der Waals surface area (Å²) in [6.45, 7) is 0.129. The van der Waals surface area contributed by atoms with E-state index in [0.29, 0.717) is 12.0 Å². The van der Waals surface area contributed by atoms with E-state index in [2.05, 4.69) is 4.99 Å². The van der Waals surface area contributed by atoms with Gasteiger partial charge in [0.1, 0.15) is 17.1 Å². The molecule has 3 aliphatic rings. The maximum atomic E-state index is 13.0. The van der Waals surface area contributed by atoms with Crippen molar-refractivity contribution < 1.29 is 31.1 Å². The summed E-state index contributed by atoms with van der Waals surface area (Å²) >= 11 is 6.00. The van der Waals surface area contributed by atoms with Crippen molar-refractivity contribution in [2.45, 2.75) is 24.3 Å². The number of fused-ring (bicyclic) bond motifs is 3. The molecule has 0 aliphatic carbocycles. The molecule has 144 valence electrons. The molecule has 0 saturated heterocycles. The molecule has 0 fully saturated rings. The van der Waals surface area contributed by atoms with Crippen molar-refractivity contribution in [2.75, 3.05) is 13.2 Å². The first-order valence-corrected chi connectivity index (χ1v) is 8.25. The van der Waals surface area contributed by atoms with Crippen molar-refractivity contribution in [1.29, 1.82) is 0 Å². The summed E-state index contributed by atoms with van der Waals surface area (Å²) < 4.78 is 83.3. The van der Waals surface area contributed by atoms with Gasteiger partial charge >= 0.3 is 12.4 Å². The maximum Gasteiger partial charge on any atom is 0.417 e. The van der Waals surface area contributed by atoms with Crippen LogP contribution in [-0.2, 0) is 11.7 Å². The third-order valence-electron chi connectivity index (χ3n) is 4.73. The van der Waals surface area contributed by atoms with E-state index < -0.39 is 29.0 Å². The minimum absolute atomic E-state index is 0.0281. The second kappa shape index (κ2) is 5.67. The van der Waals surface area contributed by atoms with Gasteiger partial charge in [0.05, 0.1) is 29.3 Å². The molecule has 3 nitrogen and oxygen atoms in total. The first kappa shape index (κ1) is 18.2. The van der Waals surface area contributed by atoms with Gasteiger partial charge in [-0.1, -0.05) is 17.7 Å². The van der Waals surface area contributed by atoms with Crippen molar-refractivity contribution in [1.82, 2.24) is 4.90 Å². The van der Waals surface area contributed by atoms with Gasteiger partial charge in [0.25, 0.3) is 0 Å². The molecule has 0 radical (unpaired) electrons. The minimum atomic E-state index is -4.57. The molecular weight excluding hydrogens is 398 g/mol. The van der Waals surface area contributed by atoms with Gasteiger partial charge in [-0.2, -0.15) is 26.3 Å². The van der Waals surface area contributed by atoms with Gasteiger partial charge in [-0.15, -0.1) is 0 Å². The minimum Gasteiger partial charge on any atom is -0.493 e. The van der Waals surface area contributed by atoms with Crippen LogP contribution < -0.4 is 4.74 Å². The summed E-state index contributed by atoms with van der Waals surface area (Å²) in [5.74, 6) is 0.192. The lowest BCUT2D eigenvalue weighted by atomic mass is 9.85. The maximum absolute atomic E-state index is 13.0. The van der Waals surface area contributed by atoms with E-state index in [1.165, 1.54) is 11.0 Å². The molecule has 0 unspecified atom stereocenters. The molecule has 0 N–H and O–H groups in total. The van der Waals surface area contributed by atoms with E-state index in [-0.39, 0.29) is 29.8 Å². The summed E-state index contributed by atoms with van der Waals surface area (Å²) in [5.41, 5.74) is -2.39. The van der Waals surface area contributed by atoms with Gasteiger partial charge in [0.2, 0.25) is 0 Å². The standard InChI is InChI=1S/C17H11ClF6N2O/c18-12-5-10(17(22,23)24)7-26-8-15(25-14(12)26)3-4-27-13-6-9(16(19,20)21)1-2-11(13)15/h1-2,5-7H,3-4,8H2/t15-/m1/s1. The number of alkyl halides is 6. The van der Waals surface area contributed by atoms with Crippen LogP contribution in [0.25, 0.3) is 0 Å². The number of halogens is 7. The highest BCUT2D eigenvalue weighted by Gasteiger charge is 2.47. The van der Waals surface area contributed by atoms with Crippen LogP contribution >= 0.6 is 11.6 Å². The number of ether oxygens (including phenoxy) is 1. The largest absolute Gasteiger partial charge is 0.493 e. The average Bonchev–Trinajstić information content (AvgIpc) is 2.93. The zero-order chi connectivity index (χ0) is 19.6. The number of nitrogens with zero attached hydrogens (tertiary/aromatic N) is 2. The van der Waals surface area contributed by atoms with E-state index in [1.807, 2.05) is 0 Å². The van der Waals surface area contributed by atoms with Gasteiger partial charge in [-0.25, -0.2) is 0 Å². The van der Waals surface area contributed by atoms with E-state index in [0.717, 1.165) is 24.4 Å². The van der Waals surface area contributed by atoms with E-state index >= 15 is 0 Å². The third kappa shape index (κ3) is 2.97. The fourth-order valence-corrected chi connectivity index (χ4v) is 3.73. The molecule has 1 aromatic rings. The first-order valence-electron chi connectivity index (χ1n) is 7.87. The quantitative estimate of drug-likeness (QED) is 0.566. The number of aliphatic imine (C=N–C) groups is 1. The smallest absolute Gasteiger partial charge is 0.417 e. The van der Waals surface area contributed by atoms with Gasteiger partial charge in [-0.3, -0.25) is 4.99 Å². The number of allylic oxidation sites excluding steroid dienone is 2. The Morgan fingerprint density at radius 1 is 1.11 bits per heavy atom. The number of hydrogen-bond acceptors (Lipinski definition) is 3. The van der Waals surface area contributed by atoms with Gasteiger partial charge < -0.3 is 9.64 Å². The summed E-state index contributed by atoms with van der Waals surface area (Å²) in [6, 6.07) is 3.08. The number of benzene rings is 1. The molecule has 3 heterocycles. The number of hydrogen-bond donors (Lipinski definition) is 0. The summed E-state index contributed by atoms with van der Waals surface area (Å²) in [4.78, 5) is 5.79. The molecule has 4 rings (SSSR count). The SMILES string of the molecule is FC(F)(F)C1=CN2C[C@@]3(CCOc4cc(C(F)(F)F)ccc43)N=C2C(Cl)=C1. The fourth-order valence-electron chi connectivity index (χ4n) is 3.47. The molecule has 10 heteroatoms. The van der Waals surface area contributed by atoms with Crippen LogP contribution in [0.1, 0.15) is 17.5 Å². The molecule has 1 spiro atoms. The zero-order valence-electron chi connectivity index (χ0n) is 13.5. The van der Waals surface area contributed by atoms with Crippen molar-refractivity contribution >= 4 is 17.4 Å². The Morgan fingerprint density at radius 3 is 2.52 bits per heavy atom. The van der Waals surface area contributed by atoms with E-state index in [1.54, 1.807) is 0 Å². The summed E-state index contributed by atoms with van der Waals surface area (Å²) in [7, 11) is 0. The van der Waals surface area contributed by atoms with Crippen LogP contribution in [0.5, 0.6) is 5.75 Å². The second-order valence-corrected chi connectivity index (χ2v) is 6.88. The highest BCUT2D eigenvalue weighted by molar-refractivity contribution is 6.43. The Kier molecular flexibility index (Phi) is 3.82. The molecule has 1 aromatic carbocycles. The average molecular weight is 409 g/mol. The Morgan fingerprint density at radius 2 is 1.85 bits per heavy atom. The van der Waals surface area contributed by atoms with Crippen molar-refractivity contribution in [2.24, 2.45) is 4.99 Å². The van der Waals surface area contributed by atoms with Crippen LogP contribution in [0, 0.1) is 0 Å². The van der Waals surface area contributed by atoms with Crippen LogP contribution in [0.3, 0.4) is 0 Å². The third-order valence-corrected chi connectivity index (χ3v) is 5.00. The highest BCUT2D eigenvalue weighted by Crippen LogP contribution is 2.47. The van der Waals surface area contributed by atoms with Gasteiger partial charge in [0, 0.05) is 18.2 Å². The predicted molar refractivity (Wildman–Crippen MR) is 85.4 cm³/mol. The molecule has 3 aliphatic heterocycles. The van der Waals surface area contributed by atoms with E-state index in [9.17, 15) is 26.3 Å². The Hall–Kier alpha value is -2.16. The first-order chi connectivity index (χ1) is 12.5. The molecule has 0 amide bonds. The molecule has 0 bridgehead atoms. The zero-order valence-corrected chi connectivity index (χ0v) is 14.2. The topological polar surface area (TPSA) is 24.8 Å². The molecule has 27 heavy (non-hydrogen) atoms.